The van der Waals surface area contributed by atoms with Crippen molar-refractivity contribution in [2.75, 3.05) is 0 Å². The van der Waals surface area contributed by atoms with E-state index in [-0.39, 0.29) is 5.41 Å². The summed E-state index contributed by atoms with van der Waals surface area (Å²) in [5, 5.41) is 0. The summed E-state index contributed by atoms with van der Waals surface area (Å²) in [7, 11) is 0. The molecule has 18 heavy (non-hydrogen) atoms. The minimum atomic E-state index is 0.181. The summed E-state index contributed by atoms with van der Waals surface area (Å²) in [5.74, 6) is 0. The highest BCUT2D eigenvalue weighted by molar-refractivity contribution is 9.10. The van der Waals surface area contributed by atoms with Gasteiger partial charge in [0, 0.05) is 5.71 Å². The van der Waals surface area contributed by atoms with Crippen LogP contribution in [-0.4, -0.2) is 10.5 Å². The molecule has 1 aromatic rings. The second-order valence-corrected chi connectivity index (χ2v) is 7.14. The van der Waals surface area contributed by atoms with Crippen molar-refractivity contribution in [3.63, 3.8) is 0 Å². The van der Waals surface area contributed by atoms with Crippen LogP contribution < -0.4 is 0 Å². The SMILES string of the molecule is CC(=Nc1c(C)cc(C)cc1C)C(Br)C(C)(C)C. The van der Waals surface area contributed by atoms with Gasteiger partial charge >= 0.3 is 0 Å². The Kier molecular flexibility index (Phi) is 4.77. The molecule has 0 saturated carbocycles. The van der Waals surface area contributed by atoms with Gasteiger partial charge in [-0.25, -0.2) is 0 Å². The molecular weight excluding hydrogens is 286 g/mol. The van der Waals surface area contributed by atoms with Crippen LogP contribution in [0.25, 0.3) is 0 Å². The van der Waals surface area contributed by atoms with E-state index in [0.717, 1.165) is 11.4 Å². The molecule has 1 nitrogen and oxygen atoms in total. The van der Waals surface area contributed by atoms with Crippen LogP contribution in [0.4, 0.5) is 5.69 Å². The molecule has 0 N–H and O–H groups in total. The second-order valence-electron chi connectivity index (χ2n) is 6.23. The molecule has 0 bridgehead atoms. The molecule has 0 radical (unpaired) electrons. The van der Waals surface area contributed by atoms with E-state index >= 15 is 0 Å². The zero-order valence-electron chi connectivity index (χ0n) is 12.6. The van der Waals surface area contributed by atoms with Crippen LogP contribution in [0.5, 0.6) is 0 Å². The predicted molar refractivity (Wildman–Crippen MR) is 85.6 cm³/mol. The third-order valence-corrected chi connectivity index (χ3v) is 5.09. The van der Waals surface area contributed by atoms with E-state index in [1.807, 2.05) is 0 Å². The van der Waals surface area contributed by atoms with Crippen LogP contribution in [0, 0.1) is 26.2 Å². The topological polar surface area (TPSA) is 12.4 Å². The van der Waals surface area contributed by atoms with Crippen molar-refractivity contribution in [2.24, 2.45) is 10.4 Å². The van der Waals surface area contributed by atoms with E-state index in [2.05, 4.69) is 76.5 Å². The Hall–Kier alpha value is -0.630. The predicted octanol–water partition coefficient (Wildman–Crippen LogP) is 5.51. The van der Waals surface area contributed by atoms with Crippen molar-refractivity contribution < 1.29 is 0 Å². The largest absolute Gasteiger partial charge is 0.256 e. The Bertz CT molecular complexity index is 443. The Morgan fingerprint density at radius 1 is 1.11 bits per heavy atom. The van der Waals surface area contributed by atoms with Crippen LogP contribution in [0.2, 0.25) is 0 Å². The first-order valence-electron chi connectivity index (χ1n) is 6.40. The Labute approximate surface area is 120 Å². The fourth-order valence-corrected chi connectivity index (χ4v) is 2.31. The van der Waals surface area contributed by atoms with Crippen LogP contribution in [0.3, 0.4) is 0 Å². The fraction of sp³-hybridized carbons (Fsp3) is 0.562. The first kappa shape index (κ1) is 15.4. The van der Waals surface area contributed by atoms with Crippen molar-refractivity contribution in [2.45, 2.75) is 53.3 Å². The normalized spacial score (nSPS) is 14.8. The van der Waals surface area contributed by atoms with Gasteiger partial charge in [0.1, 0.15) is 0 Å². The number of benzene rings is 1. The smallest absolute Gasteiger partial charge is 0.0687 e. The van der Waals surface area contributed by atoms with E-state index in [1.54, 1.807) is 0 Å². The van der Waals surface area contributed by atoms with Crippen molar-refractivity contribution >= 4 is 27.3 Å². The highest BCUT2D eigenvalue weighted by Gasteiger charge is 2.24. The summed E-state index contributed by atoms with van der Waals surface area (Å²) in [6, 6.07) is 4.39. The molecule has 0 spiro atoms. The first-order valence-corrected chi connectivity index (χ1v) is 7.31. The third kappa shape index (κ3) is 3.68. The van der Waals surface area contributed by atoms with Gasteiger partial charge < -0.3 is 0 Å². The Morgan fingerprint density at radius 3 is 1.94 bits per heavy atom. The number of alkyl halides is 1. The number of halogens is 1. The lowest BCUT2D eigenvalue weighted by molar-refractivity contribution is 0.449. The maximum atomic E-state index is 4.84. The zero-order chi connectivity index (χ0) is 14.1. The van der Waals surface area contributed by atoms with Gasteiger partial charge in [0.15, 0.2) is 0 Å². The lowest BCUT2D eigenvalue weighted by Gasteiger charge is -2.25. The molecule has 1 rings (SSSR count). The van der Waals surface area contributed by atoms with E-state index in [9.17, 15) is 0 Å². The molecule has 0 aromatic heterocycles. The maximum Gasteiger partial charge on any atom is 0.0687 e. The lowest BCUT2D eigenvalue weighted by Crippen LogP contribution is -2.27. The van der Waals surface area contributed by atoms with Crippen molar-refractivity contribution in [1.29, 1.82) is 0 Å². The molecule has 0 aliphatic carbocycles. The van der Waals surface area contributed by atoms with E-state index in [0.29, 0.717) is 4.83 Å². The number of rotatable bonds is 2. The standard InChI is InChI=1S/C16H24BrN/c1-10-8-11(2)14(12(3)9-10)18-13(4)15(17)16(5,6)7/h8-9,15H,1-7H3. The number of hydrogen-bond acceptors (Lipinski definition) is 1. The molecule has 100 valence electrons. The molecule has 0 saturated heterocycles. The quantitative estimate of drug-likeness (QED) is 0.504. The number of aryl methyl sites for hydroxylation is 3. The van der Waals surface area contributed by atoms with Crippen LogP contribution >= 0.6 is 15.9 Å². The molecule has 1 aromatic carbocycles. The minimum Gasteiger partial charge on any atom is -0.256 e. The molecule has 1 unspecified atom stereocenters. The van der Waals surface area contributed by atoms with Gasteiger partial charge in [0.05, 0.1) is 10.5 Å². The third-order valence-electron chi connectivity index (χ3n) is 3.05. The van der Waals surface area contributed by atoms with E-state index < -0.39 is 0 Å². The molecule has 0 aliphatic heterocycles. The van der Waals surface area contributed by atoms with Gasteiger partial charge in [0.25, 0.3) is 0 Å². The summed E-state index contributed by atoms with van der Waals surface area (Å²) in [6.07, 6.45) is 0. The van der Waals surface area contributed by atoms with Crippen molar-refractivity contribution in [3.8, 4) is 0 Å². The van der Waals surface area contributed by atoms with Crippen LogP contribution in [-0.2, 0) is 0 Å². The van der Waals surface area contributed by atoms with E-state index in [4.69, 9.17) is 4.99 Å². The highest BCUT2D eigenvalue weighted by Crippen LogP contribution is 2.31. The van der Waals surface area contributed by atoms with Gasteiger partial charge in [0.2, 0.25) is 0 Å². The summed E-state index contributed by atoms with van der Waals surface area (Å²) in [4.78, 5) is 5.13. The molecule has 2 heteroatoms. The average Bonchev–Trinajstić information content (AvgIpc) is 2.20. The van der Waals surface area contributed by atoms with Crippen LogP contribution in [0.1, 0.15) is 44.4 Å². The Balaban J connectivity index is 3.18. The monoisotopic (exact) mass is 309 g/mol. The molecule has 0 heterocycles. The van der Waals surface area contributed by atoms with Crippen molar-refractivity contribution in [1.82, 2.24) is 0 Å². The molecule has 0 amide bonds. The second kappa shape index (κ2) is 5.56. The minimum absolute atomic E-state index is 0.181. The number of nitrogens with zero attached hydrogens (tertiary/aromatic N) is 1. The zero-order valence-corrected chi connectivity index (χ0v) is 14.1. The van der Waals surface area contributed by atoms with E-state index in [1.165, 1.54) is 16.7 Å². The van der Waals surface area contributed by atoms with Crippen LogP contribution in [0.15, 0.2) is 17.1 Å². The number of aliphatic imine (C=N–C) groups is 1. The van der Waals surface area contributed by atoms with Gasteiger partial charge in [-0.15, -0.1) is 0 Å². The number of hydrogen-bond donors (Lipinski definition) is 0. The van der Waals surface area contributed by atoms with Gasteiger partial charge in [-0.05, 0) is 44.2 Å². The summed E-state index contributed by atoms with van der Waals surface area (Å²) in [5.41, 5.74) is 6.23. The molecule has 1 atom stereocenters. The highest BCUT2D eigenvalue weighted by atomic mass is 79.9. The summed E-state index contributed by atoms with van der Waals surface area (Å²) in [6.45, 7) is 15.2. The lowest BCUT2D eigenvalue weighted by atomic mass is 9.90. The average molecular weight is 310 g/mol. The maximum absolute atomic E-state index is 4.84. The molecule has 0 fully saturated rings. The Morgan fingerprint density at radius 2 is 1.56 bits per heavy atom. The summed E-state index contributed by atoms with van der Waals surface area (Å²) < 4.78 is 0. The van der Waals surface area contributed by atoms with Gasteiger partial charge in [-0.3, -0.25) is 4.99 Å². The van der Waals surface area contributed by atoms with Crippen molar-refractivity contribution in [3.05, 3.63) is 28.8 Å². The fourth-order valence-electron chi connectivity index (χ4n) is 2.21. The first-order chi connectivity index (χ1) is 8.12. The molecule has 0 aliphatic rings. The van der Waals surface area contributed by atoms with Gasteiger partial charge in [-0.2, -0.15) is 0 Å². The van der Waals surface area contributed by atoms with Gasteiger partial charge in [-0.1, -0.05) is 54.4 Å². The summed E-state index contributed by atoms with van der Waals surface area (Å²) >= 11 is 3.75. The molecular formula is C16H24BrN.